The molecule has 7 aromatic rings. The Bertz CT molecular complexity index is 1980. The van der Waals surface area contributed by atoms with Crippen LogP contribution >= 0.6 is 0 Å². The van der Waals surface area contributed by atoms with Crippen LogP contribution in [0.3, 0.4) is 0 Å². The highest BCUT2D eigenvalue weighted by atomic mass is 15.2. The quantitative estimate of drug-likeness (QED) is 0.230. The van der Waals surface area contributed by atoms with Gasteiger partial charge < -0.3 is 4.90 Å². The van der Waals surface area contributed by atoms with Crippen LogP contribution in [0.15, 0.2) is 146 Å². The van der Waals surface area contributed by atoms with Crippen molar-refractivity contribution >= 4 is 27.8 Å². The van der Waals surface area contributed by atoms with Crippen LogP contribution in [-0.4, -0.2) is 15.0 Å². The van der Waals surface area contributed by atoms with E-state index in [2.05, 4.69) is 125 Å². The molecule has 0 N–H and O–H groups in total. The molecule has 0 fully saturated rings. The van der Waals surface area contributed by atoms with Crippen LogP contribution in [-0.2, 0) is 0 Å². The molecule has 0 aliphatic carbocycles. The standard InChI is InChI=1S/C37H24N4/c1-4-11-25(12-5-1)28-21-32(26-13-6-2-7-14-26)40-33(22-28)29-19-27-15-10-18-34-36(27)31(20-29)37-35(23-38-24-39-37)41(34)30-16-8-3-9-17-30/h1-24H. The van der Waals surface area contributed by atoms with Crippen LogP contribution in [0.4, 0.5) is 17.1 Å². The number of pyridine rings is 1. The van der Waals surface area contributed by atoms with Gasteiger partial charge in [0.2, 0.25) is 0 Å². The summed E-state index contributed by atoms with van der Waals surface area (Å²) in [5, 5.41) is 2.32. The van der Waals surface area contributed by atoms with Crippen LogP contribution < -0.4 is 4.90 Å². The van der Waals surface area contributed by atoms with Crippen molar-refractivity contribution in [3.63, 3.8) is 0 Å². The zero-order valence-electron chi connectivity index (χ0n) is 22.1. The first-order valence-corrected chi connectivity index (χ1v) is 13.7. The Hall–Kier alpha value is -5.61. The third kappa shape index (κ3) is 3.97. The minimum absolute atomic E-state index is 0.914. The fourth-order valence-electron chi connectivity index (χ4n) is 5.84. The molecule has 0 atom stereocenters. The maximum absolute atomic E-state index is 5.20. The van der Waals surface area contributed by atoms with Gasteiger partial charge >= 0.3 is 0 Å². The topological polar surface area (TPSA) is 41.9 Å². The van der Waals surface area contributed by atoms with Gasteiger partial charge in [0.1, 0.15) is 6.33 Å². The summed E-state index contributed by atoms with van der Waals surface area (Å²) in [6.45, 7) is 0. The highest BCUT2D eigenvalue weighted by Crippen LogP contribution is 2.50. The van der Waals surface area contributed by atoms with Gasteiger partial charge in [-0.1, -0.05) is 91.0 Å². The summed E-state index contributed by atoms with van der Waals surface area (Å²) in [6, 6.07) is 46.6. The summed E-state index contributed by atoms with van der Waals surface area (Å²) in [7, 11) is 0. The molecule has 2 aromatic heterocycles. The van der Waals surface area contributed by atoms with E-state index in [9.17, 15) is 0 Å². The molecule has 8 rings (SSSR count). The molecule has 41 heavy (non-hydrogen) atoms. The summed E-state index contributed by atoms with van der Waals surface area (Å²) in [6.07, 6.45) is 3.54. The number of nitrogens with zero attached hydrogens (tertiary/aromatic N) is 4. The normalized spacial score (nSPS) is 11.9. The Morgan fingerprint density at radius 3 is 1.95 bits per heavy atom. The molecule has 192 valence electrons. The molecule has 5 aromatic carbocycles. The van der Waals surface area contributed by atoms with Crippen LogP contribution in [0.25, 0.3) is 55.7 Å². The van der Waals surface area contributed by atoms with Crippen molar-refractivity contribution in [1.29, 1.82) is 0 Å². The molecule has 0 radical (unpaired) electrons. The van der Waals surface area contributed by atoms with Crippen molar-refractivity contribution < 1.29 is 0 Å². The van der Waals surface area contributed by atoms with E-state index in [1.807, 2.05) is 24.4 Å². The van der Waals surface area contributed by atoms with Gasteiger partial charge in [-0.2, -0.15) is 0 Å². The Labute approximate surface area is 238 Å². The lowest BCUT2D eigenvalue weighted by Gasteiger charge is -2.32. The first-order chi connectivity index (χ1) is 20.3. The van der Waals surface area contributed by atoms with E-state index in [0.717, 1.165) is 67.3 Å². The molecule has 3 heterocycles. The summed E-state index contributed by atoms with van der Waals surface area (Å²) in [4.78, 5) is 16.7. The number of fused-ring (bicyclic) bond motifs is 2. The van der Waals surface area contributed by atoms with Gasteiger partial charge in [-0.05, 0) is 59.0 Å². The van der Waals surface area contributed by atoms with Crippen LogP contribution in [0.1, 0.15) is 0 Å². The highest BCUT2D eigenvalue weighted by molar-refractivity contribution is 6.14. The number of aromatic nitrogens is 3. The van der Waals surface area contributed by atoms with Gasteiger partial charge in [0.05, 0.1) is 34.7 Å². The molecule has 1 aliphatic heterocycles. The van der Waals surface area contributed by atoms with Gasteiger partial charge in [0.15, 0.2) is 0 Å². The Morgan fingerprint density at radius 2 is 1.20 bits per heavy atom. The van der Waals surface area contributed by atoms with Gasteiger partial charge in [-0.25, -0.2) is 15.0 Å². The molecule has 0 unspecified atom stereocenters. The van der Waals surface area contributed by atoms with Gasteiger partial charge in [0, 0.05) is 27.8 Å². The molecule has 0 amide bonds. The van der Waals surface area contributed by atoms with Gasteiger partial charge in [0.25, 0.3) is 0 Å². The second kappa shape index (κ2) is 9.54. The molecule has 4 heteroatoms. The molecular formula is C37H24N4. The molecule has 0 spiro atoms. The van der Waals surface area contributed by atoms with E-state index in [4.69, 9.17) is 9.97 Å². The van der Waals surface area contributed by atoms with E-state index < -0.39 is 0 Å². The van der Waals surface area contributed by atoms with E-state index >= 15 is 0 Å². The molecule has 4 nitrogen and oxygen atoms in total. The van der Waals surface area contributed by atoms with Crippen LogP contribution in [0.2, 0.25) is 0 Å². The summed E-state index contributed by atoms with van der Waals surface area (Å²) in [5.74, 6) is 0. The minimum atomic E-state index is 0.914. The Kier molecular flexibility index (Phi) is 5.42. The number of hydrogen-bond acceptors (Lipinski definition) is 4. The SMILES string of the molecule is c1ccc(-c2cc(-c3ccccc3)nc(-c3cc4c5c(cccc5c3)N(c3ccccc3)c3cncnc3-4)c2)cc1. The zero-order valence-corrected chi connectivity index (χ0v) is 22.1. The summed E-state index contributed by atoms with van der Waals surface area (Å²) >= 11 is 0. The Balaban J connectivity index is 1.38. The zero-order chi connectivity index (χ0) is 27.2. The average Bonchev–Trinajstić information content (AvgIpc) is 3.06. The monoisotopic (exact) mass is 524 g/mol. The lowest BCUT2D eigenvalue weighted by atomic mass is 9.91. The maximum Gasteiger partial charge on any atom is 0.116 e. The third-order valence-electron chi connectivity index (χ3n) is 7.70. The van der Waals surface area contributed by atoms with E-state index in [1.54, 1.807) is 6.33 Å². The van der Waals surface area contributed by atoms with Crippen molar-refractivity contribution in [1.82, 2.24) is 15.0 Å². The fourth-order valence-corrected chi connectivity index (χ4v) is 5.84. The molecule has 1 aliphatic rings. The lowest BCUT2D eigenvalue weighted by Crippen LogP contribution is -2.16. The summed E-state index contributed by atoms with van der Waals surface area (Å²) in [5.41, 5.74) is 11.5. The van der Waals surface area contributed by atoms with Crippen molar-refractivity contribution in [2.24, 2.45) is 0 Å². The van der Waals surface area contributed by atoms with Crippen molar-refractivity contribution in [2.45, 2.75) is 0 Å². The Morgan fingerprint density at radius 1 is 0.512 bits per heavy atom. The van der Waals surface area contributed by atoms with Crippen LogP contribution in [0, 0.1) is 0 Å². The number of rotatable bonds is 4. The number of benzene rings is 5. The molecular weight excluding hydrogens is 500 g/mol. The highest BCUT2D eigenvalue weighted by Gasteiger charge is 2.28. The second-order valence-corrected chi connectivity index (χ2v) is 10.2. The smallest absolute Gasteiger partial charge is 0.116 e. The van der Waals surface area contributed by atoms with Crippen molar-refractivity contribution in [3.05, 3.63) is 146 Å². The lowest BCUT2D eigenvalue weighted by molar-refractivity contribution is 1.13. The predicted molar refractivity (Wildman–Crippen MR) is 167 cm³/mol. The third-order valence-corrected chi connectivity index (χ3v) is 7.70. The molecule has 0 bridgehead atoms. The van der Waals surface area contributed by atoms with E-state index in [0.29, 0.717) is 0 Å². The minimum Gasteiger partial charge on any atom is -0.306 e. The van der Waals surface area contributed by atoms with Crippen molar-refractivity contribution in [3.8, 4) is 44.9 Å². The van der Waals surface area contributed by atoms with E-state index in [-0.39, 0.29) is 0 Å². The summed E-state index contributed by atoms with van der Waals surface area (Å²) < 4.78 is 0. The van der Waals surface area contributed by atoms with Crippen molar-refractivity contribution in [2.75, 3.05) is 4.90 Å². The number of hydrogen-bond donors (Lipinski definition) is 0. The second-order valence-electron chi connectivity index (χ2n) is 10.2. The number of anilines is 3. The molecule has 0 saturated heterocycles. The fraction of sp³-hybridized carbons (Fsp3) is 0. The first kappa shape index (κ1) is 23.3. The predicted octanol–water partition coefficient (Wildman–Crippen LogP) is 9.48. The number of para-hydroxylation sites is 1. The average molecular weight is 525 g/mol. The van der Waals surface area contributed by atoms with Gasteiger partial charge in [-0.3, -0.25) is 0 Å². The molecule has 0 saturated carbocycles. The largest absolute Gasteiger partial charge is 0.306 e. The van der Waals surface area contributed by atoms with E-state index in [1.165, 1.54) is 5.39 Å². The first-order valence-electron chi connectivity index (χ1n) is 13.7. The maximum atomic E-state index is 5.20. The van der Waals surface area contributed by atoms with Crippen LogP contribution in [0.5, 0.6) is 0 Å². The van der Waals surface area contributed by atoms with Gasteiger partial charge in [-0.15, -0.1) is 0 Å².